The van der Waals surface area contributed by atoms with Crippen molar-refractivity contribution < 1.29 is 9.21 Å². The van der Waals surface area contributed by atoms with Gasteiger partial charge in [0.05, 0.1) is 0 Å². The average molecular weight is 314 g/mol. The summed E-state index contributed by atoms with van der Waals surface area (Å²) >= 11 is 0. The summed E-state index contributed by atoms with van der Waals surface area (Å²) in [6, 6.07) is 22.7. The van der Waals surface area contributed by atoms with Gasteiger partial charge in [-0.25, -0.2) is 0 Å². The number of carbonyl (C=O) groups excluding carboxylic acids is 1. The van der Waals surface area contributed by atoms with Crippen molar-refractivity contribution in [2.75, 3.05) is 5.32 Å². The molecular weight excluding hydrogens is 300 g/mol. The fourth-order valence-electron chi connectivity index (χ4n) is 2.71. The number of rotatable bonds is 2. The molecule has 4 rings (SSSR count). The molecule has 0 saturated carbocycles. The lowest BCUT2D eigenvalue weighted by molar-refractivity contribution is 0.102. The Hall–Kier alpha value is -3.40. The minimum atomic E-state index is -0.357. The van der Waals surface area contributed by atoms with E-state index in [4.69, 9.17) is 9.83 Å². The fraction of sp³-hybridized carbons (Fsp3) is 0. The Balaban J connectivity index is 1.70. The van der Waals surface area contributed by atoms with Crippen molar-refractivity contribution in [3.63, 3.8) is 0 Å². The van der Waals surface area contributed by atoms with Gasteiger partial charge in [0.1, 0.15) is 11.1 Å². The van der Waals surface area contributed by atoms with Crippen LogP contribution in [0, 0.1) is 5.41 Å². The molecule has 4 nitrogen and oxygen atoms in total. The highest BCUT2D eigenvalue weighted by atomic mass is 16.3. The van der Waals surface area contributed by atoms with Crippen LogP contribution in [-0.2, 0) is 0 Å². The molecule has 4 heteroatoms. The highest BCUT2D eigenvalue weighted by Gasteiger charge is 2.12. The Morgan fingerprint density at radius 1 is 0.833 bits per heavy atom. The lowest BCUT2D eigenvalue weighted by Crippen LogP contribution is -2.20. The average Bonchev–Trinajstić information content (AvgIpc) is 2.61. The maximum Gasteiger partial charge on any atom is 0.261 e. The third kappa shape index (κ3) is 2.54. The van der Waals surface area contributed by atoms with E-state index in [0.717, 1.165) is 16.2 Å². The van der Waals surface area contributed by atoms with Crippen LogP contribution < -0.4 is 10.9 Å². The van der Waals surface area contributed by atoms with Gasteiger partial charge < -0.3 is 9.73 Å². The number of para-hydroxylation sites is 1. The minimum absolute atomic E-state index is 0.146. The summed E-state index contributed by atoms with van der Waals surface area (Å²) < 4.78 is 5.43. The van der Waals surface area contributed by atoms with Gasteiger partial charge in [0.25, 0.3) is 5.91 Å². The molecule has 1 amide bonds. The molecule has 0 atom stereocenters. The van der Waals surface area contributed by atoms with E-state index in [0.29, 0.717) is 11.3 Å². The number of amides is 1. The van der Waals surface area contributed by atoms with Gasteiger partial charge in [0.15, 0.2) is 0 Å². The van der Waals surface area contributed by atoms with Crippen LogP contribution in [0.3, 0.4) is 0 Å². The predicted molar refractivity (Wildman–Crippen MR) is 94.0 cm³/mol. The predicted octanol–water partition coefficient (Wildman–Crippen LogP) is 4.32. The zero-order valence-electron chi connectivity index (χ0n) is 12.7. The molecular formula is C20H14N2O2. The molecule has 0 spiro atoms. The van der Waals surface area contributed by atoms with Crippen molar-refractivity contribution in [3.8, 4) is 0 Å². The maximum absolute atomic E-state index is 12.5. The fourth-order valence-corrected chi connectivity index (χ4v) is 2.71. The van der Waals surface area contributed by atoms with Crippen molar-refractivity contribution in [1.29, 1.82) is 5.41 Å². The largest absolute Gasteiger partial charge is 0.438 e. The van der Waals surface area contributed by atoms with Gasteiger partial charge in [-0.05, 0) is 35.0 Å². The van der Waals surface area contributed by atoms with Gasteiger partial charge >= 0.3 is 0 Å². The normalized spacial score (nSPS) is 10.8. The molecule has 0 unspecified atom stereocenters. The summed E-state index contributed by atoms with van der Waals surface area (Å²) in [7, 11) is 0. The molecule has 4 aromatic rings. The Morgan fingerprint density at radius 3 is 2.38 bits per heavy atom. The number of carbonyl (C=O) groups is 1. The molecule has 0 aliphatic carbocycles. The Bertz CT molecular complexity index is 1130. The third-order valence-corrected chi connectivity index (χ3v) is 3.93. The smallest absolute Gasteiger partial charge is 0.261 e. The molecule has 24 heavy (non-hydrogen) atoms. The second-order valence-corrected chi connectivity index (χ2v) is 5.54. The molecule has 2 N–H and O–H groups in total. The van der Waals surface area contributed by atoms with Gasteiger partial charge in [0, 0.05) is 11.1 Å². The van der Waals surface area contributed by atoms with Gasteiger partial charge in [-0.2, -0.15) is 0 Å². The van der Waals surface area contributed by atoms with E-state index in [2.05, 4.69) is 5.32 Å². The number of nitrogens with one attached hydrogen (secondary N) is 2. The lowest BCUT2D eigenvalue weighted by Gasteiger charge is -2.07. The zero-order chi connectivity index (χ0) is 16.5. The summed E-state index contributed by atoms with van der Waals surface area (Å²) in [4.78, 5) is 12.5. The second kappa shape index (κ2) is 5.66. The first-order valence-corrected chi connectivity index (χ1v) is 7.58. The van der Waals surface area contributed by atoms with E-state index in [1.807, 2.05) is 60.7 Å². The van der Waals surface area contributed by atoms with Crippen LogP contribution in [0.1, 0.15) is 10.4 Å². The number of fused-ring (bicyclic) bond motifs is 2. The standard InChI is InChI=1S/C20H14N2O2/c21-19-17(12-15-7-3-4-8-18(15)24-19)20(23)22-16-10-9-13-5-1-2-6-14(13)11-16/h1-12,21H,(H,22,23). The van der Waals surface area contributed by atoms with E-state index in [1.165, 1.54) is 0 Å². The summed E-state index contributed by atoms with van der Waals surface area (Å²) in [5.74, 6) is -0.357. The minimum Gasteiger partial charge on any atom is -0.438 e. The zero-order valence-corrected chi connectivity index (χ0v) is 12.7. The van der Waals surface area contributed by atoms with Crippen LogP contribution >= 0.6 is 0 Å². The van der Waals surface area contributed by atoms with E-state index in [1.54, 1.807) is 12.1 Å². The SMILES string of the molecule is N=c1oc2ccccc2cc1C(=O)Nc1ccc2ccccc2c1. The Morgan fingerprint density at radius 2 is 1.54 bits per heavy atom. The van der Waals surface area contributed by atoms with Crippen molar-refractivity contribution >= 4 is 33.3 Å². The molecule has 1 aromatic heterocycles. The molecule has 0 aliphatic rings. The molecule has 116 valence electrons. The van der Waals surface area contributed by atoms with Crippen LogP contribution in [0.4, 0.5) is 5.69 Å². The van der Waals surface area contributed by atoms with E-state index in [9.17, 15) is 4.79 Å². The third-order valence-electron chi connectivity index (χ3n) is 3.93. The summed E-state index contributed by atoms with van der Waals surface area (Å²) in [5.41, 5.74) is 1.34. The maximum atomic E-state index is 12.5. The molecule has 0 saturated heterocycles. The van der Waals surface area contributed by atoms with E-state index >= 15 is 0 Å². The van der Waals surface area contributed by atoms with Crippen LogP contribution in [-0.4, -0.2) is 5.91 Å². The van der Waals surface area contributed by atoms with Gasteiger partial charge in [0.2, 0.25) is 5.55 Å². The molecule has 0 fully saturated rings. The van der Waals surface area contributed by atoms with Gasteiger partial charge in [-0.15, -0.1) is 0 Å². The second-order valence-electron chi connectivity index (χ2n) is 5.54. The van der Waals surface area contributed by atoms with E-state index in [-0.39, 0.29) is 17.0 Å². The van der Waals surface area contributed by atoms with Gasteiger partial charge in [-0.1, -0.05) is 48.5 Å². The molecule has 0 aliphatic heterocycles. The van der Waals surface area contributed by atoms with Crippen LogP contribution in [0.2, 0.25) is 0 Å². The molecule has 0 bridgehead atoms. The number of anilines is 1. The summed E-state index contributed by atoms with van der Waals surface area (Å²) in [6.07, 6.45) is 0. The molecule has 1 heterocycles. The van der Waals surface area contributed by atoms with Crippen LogP contribution in [0.15, 0.2) is 77.2 Å². The quantitative estimate of drug-likeness (QED) is 0.579. The van der Waals surface area contributed by atoms with Crippen molar-refractivity contribution in [1.82, 2.24) is 0 Å². The monoisotopic (exact) mass is 314 g/mol. The summed E-state index contributed by atoms with van der Waals surface area (Å²) in [5, 5.41) is 13.7. The van der Waals surface area contributed by atoms with E-state index < -0.39 is 0 Å². The lowest BCUT2D eigenvalue weighted by atomic mass is 10.1. The highest BCUT2D eigenvalue weighted by molar-refractivity contribution is 6.06. The van der Waals surface area contributed by atoms with Crippen molar-refractivity contribution in [3.05, 3.63) is 83.9 Å². The number of benzene rings is 3. The number of hydrogen-bond acceptors (Lipinski definition) is 3. The summed E-state index contributed by atoms with van der Waals surface area (Å²) in [6.45, 7) is 0. The first-order valence-electron chi connectivity index (χ1n) is 7.58. The van der Waals surface area contributed by atoms with Gasteiger partial charge in [-0.3, -0.25) is 10.2 Å². The molecule has 3 aromatic carbocycles. The first-order chi connectivity index (χ1) is 11.7. The number of hydrogen-bond donors (Lipinski definition) is 2. The molecule has 0 radical (unpaired) electrons. The highest BCUT2D eigenvalue weighted by Crippen LogP contribution is 2.19. The Kier molecular flexibility index (Phi) is 3.35. The van der Waals surface area contributed by atoms with Crippen LogP contribution in [0.5, 0.6) is 0 Å². The topological polar surface area (TPSA) is 66.1 Å². The first kappa shape index (κ1) is 14.2. The van der Waals surface area contributed by atoms with Crippen LogP contribution in [0.25, 0.3) is 21.7 Å². The Labute approximate surface area is 137 Å². The van der Waals surface area contributed by atoms with Crippen molar-refractivity contribution in [2.45, 2.75) is 0 Å². The van der Waals surface area contributed by atoms with Crippen molar-refractivity contribution in [2.24, 2.45) is 0 Å².